The van der Waals surface area contributed by atoms with Crippen LogP contribution in [0.3, 0.4) is 0 Å². The van der Waals surface area contributed by atoms with Crippen molar-refractivity contribution in [3.05, 3.63) is 44.6 Å². The Morgan fingerprint density at radius 3 is 2.96 bits per heavy atom. The zero-order valence-electron chi connectivity index (χ0n) is 12.5. The summed E-state index contributed by atoms with van der Waals surface area (Å²) < 4.78 is 5.75. The zero-order chi connectivity index (χ0) is 16.2. The topological polar surface area (TPSA) is 74.0 Å². The third-order valence-electron chi connectivity index (χ3n) is 3.98. The fraction of sp³-hybridized carbons (Fsp3) is 0.467. The second-order valence-electron chi connectivity index (χ2n) is 5.53. The summed E-state index contributed by atoms with van der Waals surface area (Å²) in [6, 6.07) is 5.30. The molecule has 1 aliphatic rings. The average molecular weight is 357 g/mol. The monoisotopic (exact) mass is 356 g/mol. The fourth-order valence-electron chi connectivity index (χ4n) is 2.87. The maximum atomic E-state index is 11.3. The summed E-state index contributed by atoms with van der Waals surface area (Å²) in [7, 11) is 0. The van der Waals surface area contributed by atoms with E-state index in [4.69, 9.17) is 27.9 Å². The summed E-state index contributed by atoms with van der Waals surface area (Å²) in [6.45, 7) is 2.20. The molecule has 1 unspecified atom stereocenters. The third-order valence-corrected chi connectivity index (χ3v) is 4.51. The van der Waals surface area contributed by atoms with Gasteiger partial charge < -0.3 is 4.74 Å². The summed E-state index contributed by atoms with van der Waals surface area (Å²) in [5.41, 5.74) is -0.269. The summed E-state index contributed by atoms with van der Waals surface area (Å²) in [6.07, 6.45) is 3.23. The number of aromatic nitrogens is 3. The summed E-state index contributed by atoms with van der Waals surface area (Å²) in [4.78, 5) is 16.3. The van der Waals surface area contributed by atoms with Crippen LogP contribution in [-0.4, -0.2) is 39.8 Å². The Morgan fingerprint density at radius 2 is 2.22 bits per heavy atom. The quantitative estimate of drug-likeness (QED) is 0.863. The van der Waals surface area contributed by atoms with Crippen molar-refractivity contribution < 1.29 is 4.74 Å². The van der Waals surface area contributed by atoms with Crippen LogP contribution < -0.4 is 10.4 Å². The molecule has 1 aromatic carbocycles. The van der Waals surface area contributed by atoms with E-state index in [1.807, 2.05) is 0 Å². The Morgan fingerprint density at radius 1 is 1.35 bits per heavy atom. The molecule has 1 aliphatic heterocycles. The number of benzene rings is 1. The van der Waals surface area contributed by atoms with Gasteiger partial charge in [0, 0.05) is 11.6 Å². The number of piperidine rings is 1. The third kappa shape index (κ3) is 4.07. The van der Waals surface area contributed by atoms with Crippen LogP contribution in [0.1, 0.15) is 31.1 Å². The van der Waals surface area contributed by atoms with E-state index in [9.17, 15) is 4.79 Å². The number of nitrogens with one attached hydrogen (secondary N) is 2. The Labute approximate surface area is 143 Å². The first-order chi connectivity index (χ1) is 11.1. The standard InChI is InChI=1S/C15H18Cl2N4O2/c16-10-4-5-13(11(17)9-10)23-8-7-21-6-2-1-3-12(21)14-18-15(22)20-19-14/h4-5,9,12H,1-3,6-8H2,(H2,18,19,20,22). The van der Waals surface area contributed by atoms with Crippen LogP contribution in [0.4, 0.5) is 0 Å². The molecule has 1 atom stereocenters. The summed E-state index contributed by atoms with van der Waals surface area (Å²) in [5, 5.41) is 7.59. The molecular weight excluding hydrogens is 339 g/mol. The highest BCUT2D eigenvalue weighted by atomic mass is 35.5. The van der Waals surface area contributed by atoms with Crippen molar-refractivity contribution in [3.63, 3.8) is 0 Å². The molecule has 0 aliphatic carbocycles. The van der Waals surface area contributed by atoms with Gasteiger partial charge in [-0.15, -0.1) is 0 Å². The number of aromatic amines is 2. The zero-order valence-corrected chi connectivity index (χ0v) is 14.0. The number of likely N-dealkylation sites (tertiary alicyclic amines) is 1. The molecule has 8 heteroatoms. The average Bonchev–Trinajstić information content (AvgIpc) is 2.96. The minimum absolute atomic E-state index is 0.118. The van der Waals surface area contributed by atoms with Gasteiger partial charge in [-0.05, 0) is 37.6 Å². The fourth-order valence-corrected chi connectivity index (χ4v) is 3.34. The van der Waals surface area contributed by atoms with Gasteiger partial charge in [0.05, 0.1) is 11.1 Å². The molecule has 0 spiro atoms. The highest BCUT2D eigenvalue weighted by Gasteiger charge is 2.26. The van der Waals surface area contributed by atoms with Crippen molar-refractivity contribution in [1.29, 1.82) is 0 Å². The molecule has 2 N–H and O–H groups in total. The predicted octanol–water partition coefficient (Wildman–Crippen LogP) is 3.01. The Hall–Kier alpha value is -1.50. The molecular formula is C15H18Cl2N4O2. The maximum absolute atomic E-state index is 11.3. The van der Waals surface area contributed by atoms with Crippen LogP contribution in [0.15, 0.2) is 23.0 Å². The van der Waals surface area contributed by atoms with Crippen molar-refractivity contribution in [2.75, 3.05) is 19.7 Å². The van der Waals surface area contributed by atoms with E-state index in [1.165, 1.54) is 0 Å². The maximum Gasteiger partial charge on any atom is 0.340 e. The van der Waals surface area contributed by atoms with Gasteiger partial charge >= 0.3 is 5.69 Å². The predicted molar refractivity (Wildman–Crippen MR) is 89.3 cm³/mol. The molecule has 23 heavy (non-hydrogen) atoms. The highest BCUT2D eigenvalue weighted by Crippen LogP contribution is 2.29. The normalized spacial score (nSPS) is 19.0. The van der Waals surface area contributed by atoms with Gasteiger partial charge in [0.2, 0.25) is 0 Å². The molecule has 6 nitrogen and oxygen atoms in total. The van der Waals surface area contributed by atoms with Gasteiger partial charge in [-0.2, -0.15) is 5.10 Å². The second-order valence-corrected chi connectivity index (χ2v) is 6.38. The highest BCUT2D eigenvalue weighted by molar-refractivity contribution is 6.35. The van der Waals surface area contributed by atoms with Gasteiger partial charge in [-0.3, -0.25) is 9.88 Å². The second kappa shape index (κ2) is 7.38. The lowest BCUT2D eigenvalue weighted by molar-refractivity contribution is 0.118. The first-order valence-electron chi connectivity index (χ1n) is 7.60. The van der Waals surface area contributed by atoms with Gasteiger partial charge in [0.1, 0.15) is 18.2 Å². The van der Waals surface area contributed by atoms with Crippen LogP contribution in [0.2, 0.25) is 10.0 Å². The number of ether oxygens (including phenoxy) is 1. The molecule has 2 aromatic rings. The number of H-pyrrole nitrogens is 2. The molecule has 0 bridgehead atoms. The smallest absolute Gasteiger partial charge is 0.340 e. The van der Waals surface area contributed by atoms with Gasteiger partial charge in [-0.1, -0.05) is 29.6 Å². The Balaban J connectivity index is 1.60. The van der Waals surface area contributed by atoms with Crippen molar-refractivity contribution in [2.24, 2.45) is 0 Å². The number of hydrogen-bond donors (Lipinski definition) is 2. The van der Waals surface area contributed by atoms with E-state index in [0.29, 0.717) is 28.2 Å². The lowest BCUT2D eigenvalue weighted by atomic mass is 10.0. The first kappa shape index (κ1) is 16.4. The van der Waals surface area contributed by atoms with Crippen LogP contribution >= 0.6 is 23.2 Å². The van der Waals surface area contributed by atoms with Crippen molar-refractivity contribution >= 4 is 23.2 Å². The Bertz CT molecular complexity index is 715. The summed E-state index contributed by atoms with van der Waals surface area (Å²) >= 11 is 12.0. The molecule has 0 radical (unpaired) electrons. The SMILES string of the molecule is O=c1[nH]nc(C2CCCCN2CCOc2ccc(Cl)cc2Cl)[nH]1. The molecule has 3 rings (SSSR count). The van der Waals surface area contributed by atoms with Gasteiger partial charge in [0.15, 0.2) is 0 Å². The molecule has 124 valence electrons. The van der Waals surface area contributed by atoms with Crippen molar-refractivity contribution in [3.8, 4) is 5.75 Å². The minimum Gasteiger partial charge on any atom is -0.491 e. The van der Waals surface area contributed by atoms with E-state index in [0.717, 1.165) is 32.4 Å². The summed E-state index contributed by atoms with van der Waals surface area (Å²) in [5.74, 6) is 1.32. The van der Waals surface area contributed by atoms with Crippen LogP contribution in [0.5, 0.6) is 5.75 Å². The van der Waals surface area contributed by atoms with Crippen LogP contribution in [0, 0.1) is 0 Å². The van der Waals surface area contributed by atoms with Crippen LogP contribution in [0.25, 0.3) is 0 Å². The molecule has 1 fully saturated rings. The minimum atomic E-state index is -0.269. The number of hydrogen-bond acceptors (Lipinski definition) is 4. The van der Waals surface area contributed by atoms with Crippen molar-refractivity contribution in [1.82, 2.24) is 20.1 Å². The van der Waals surface area contributed by atoms with E-state index < -0.39 is 0 Å². The number of nitrogens with zero attached hydrogens (tertiary/aromatic N) is 2. The van der Waals surface area contributed by atoms with E-state index in [2.05, 4.69) is 20.1 Å². The van der Waals surface area contributed by atoms with E-state index in [1.54, 1.807) is 18.2 Å². The van der Waals surface area contributed by atoms with Crippen molar-refractivity contribution in [2.45, 2.75) is 25.3 Å². The molecule has 2 heterocycles. The van der Waals surface area contributed by atoms with Gasteiger partial charge in [0.25, 0.3) is 0 Å². The van der Waals surface area contributed by atoms with Crippen LogP contribution in [-0.2, 0) is 0 Å². The van der Waals surface area contributed by atoms with E-state index >= 15 is 0 Å². The number of halogens is 2. The number of rotatable bonds is 5. The lowest BCUT2D eigenvalue weighted by Gasteiger charge is -2.34. The molecule has 1 aromatic heterocycles. The van der Waals surface area contributed by atoms with Gasteiger partial charge in [-0.25, -0.2) is 9.89 Å². The lowest BCUT2D eigenvalue weighted by Crippen LogP contribution is -2.37. The first-order valence-corrected chi connectivity index (χ1v) is 8.35. The van der Waals surface area contributed by atoms with E-state index in [-0.39, 0.29) is 11.7 Å². The Kier molecular flexibility index (Phi) is 5.25. The molecule has 0 amide bonds. The largest absolute Gasteiger partial charge is 0.491 e. The molecule has 0 saturated carbocycles. The molecule has 1 saturated heterocycles.